The smallest absolute Gasteiger partial charge is 0.0658 e. The highest BCUT2D eigenvalue weighted by Gasteiger charge is 2.28. The van der Waals surface area contributed by atoms with Gasteiger partial charge in [-0.05, 0) is 19.8 Å². The molecule has 0 radical (unpaired) electrons. The van der Waals surface area contributed by atoms with Gasteiger partial charge in [0.2, 0.25) is 0 Å². The maximum absolute atomic E-state index is 5.33. The summed E-state index contributed by atoms with van der Waals surface area (Å²) in [6.45, 7) is 8.54. The van der Waals surface area contributed by atoms with Crippen LogP contribution in [0, 0.1) is 5.92 Å². The van der Waals surface area contributed by atoms with E-state index in [1.807, 2.05) is 0 Å². The second-order valence-corrected chi connectivity index (χ2v) is 4.72. The molecule has 10 heavy (non-hydrogen) atoms. The lowest BCUT2D eigenvalue weighted by Gasteiger charge is -2.32. The molecule has 2 unspecified atom stereocenters. The Morgan fingerprint density at radius 3 is 1.80 bits per heavy atom. The van der Waals surface area contributed by atoms with Crippen molar-refractivity contribution < 1.29 is 4.74 Å². The fourth-order valence-electron chi connectivity index (χ4n) is 0.739. The van der Waals surface area contributed by atoms with Gasteiger partial charge in [-0.2, -0.15) is 0 Å². The Morgan fingerprint density at radius 2 is 1.70 bits per heavy atom. The van der Waals surface area contributed by atoms with E-state index >= 15 is 0 Å². The maximum Gasteiger partial charge on any atom is 0.0658 e. The van der Waals surface area contributed by atoms with Gasteiger partial charge in [-0.15, -0.1) is 0 Å². The highest BCUT2D eigenvalue weighted by atomic mass is 79.9. The Kier molecular flexibility index (Phi) is 3.89. The Labute approximate surface area is 72.3 Å². The molecule has 0 aliphatic carbocycles. The van der Waals surface area contributed by atoms with Gasteiger partial charge in [0.1, 0.15) is 0 Å². The van der Waals surface area contributed by atoms with Gasteiger partial charge in [0, 0.05) is 11.9 Å². The minimum absolute atomic E-state index is 0.0249. The van der Waals surface area contributed by atoms with Gasteiger partial charge in [-0.1, -0.05) is 29.8 Å². The zero-order valence-corrected chi connectivity index (χ0v) is 9.03. The molecule has 0 N–H and O–H groups in total. The Hall–Kier alpha value is 0.440. The van der Waals surface area contributed by atoms with Gasteiger partial charge in [-0.3, -0.25) is 0 Å². The fraction of sp³-hybridized carbons (Fsp3) is 1.00. The van der Waals surface area contributed by atoms with Crippen LogP contribution in [0.5, 0.6) is 0 Å². The minimum atomic E-state index is -0.0249. The first-order chi connectivity index (χ1) is 4.41. The van der Waals surface area contributed by atoms with Gasteiger partial charge in [0.15, 0.2) is 0 Å². The van der Waals surface area contributed by atoms with Crippen LogP contribution in [-0.4, -0.2) is 17.5 Å². The molecule has 0 aromatic carbocycles. The lowest BCUT2D eigenvalue weighted by Crippen LogP contribution is -2.35. The average molecular weight is 209 g/mol. The van der Waals surface area contributed by atoms with Crippen LogP contribution in [-0.2, 0) is 4.74 Å². The molecule has 0 amide bonds. The minimum Gasteiger partial charge on any atom is -0.378 e. The summed E-state index contributed by atoms with van der Waals surface area (Å²) in [6.07, 6.45) is 0. The summed E-state index contributed by atoms with van der Waals surface area (Å²) in [5.41, 5.74) is -0.0249. The third-order valence-electron chi connectivity index (χ3n) is 2.31. The Morgan fingerprint density at radius 1 is 1.30 bits per heavy atom. The molecule has 0 aliphatic rings. The lowest BCUT2D eigenvalue weighted by molar-refractivity contribution is -0.0204. The second-order valence-electron chi connectivity index (χ2n) is 3.27. The molecule has 0 aliphatic heterocycles. The van der Waals surface area contributed by atoms with Gasteiger partial charge in [0.25, 0.3) is 0 Å². The van der Waals surface area contributed by atoms with Crippen molar-refractivity contribution in [3.05, 3.63) is 0 Å². The van der Waals surface area contributed by atoms with E-state index in [2.05, 4.69) is 43.6 Å². The molecular formula is C8H17BrO. The topological polar surface area (TPSA) is 9.23 Å². The molecule has 0 spiro atoms. The first-order valence-corrected chi connectivity index (χ1v) is 4.52. The van der Waals surface area contributed by atoms with E-state index in [0.717, 1.165) is 0 Å². The maximum atomic E-state index is 5.33. The van der Waals surface area contributed by atoms with E-state index in [1.165, 1.54) is 0 Å². The molecule has 2 atom stereocenters. The predicted octanol–water partition coefficient (Wildman–Crippen LogP) is 2.83. The van der Waals surface area contributed by atoms with Gasteiger partial charge >= 0.3 is 0 Å². The summed E-state index contributed by atoms with van der Waals surface area (Å²) < 4.78 is 5.33. The van der Waals surface area contributed by atoms with Gasteiger partial charge in [-0.25, -0.2) is 0 Å². The highest BCUT2D eigenvalue weighted by molar-refractivity contribution is 9.09. The molecule has 0 rings (SSSR count). The molecule has 2 heteroatoms. The first-order valence-electron chi connectivity index (χ1n) is 3.61. The van der Waals surface area contributed by atoms with Crippen LogP contribution in [0.25, 0.3) is 0 Å². The summed E-state index contributed by atoms with van der Waals surface area (Å²) in [5.74, 6) is 0.525. The van der Waals surface area contributed by atoms with Crippen LogP contribution >= 0.6 is 15.9 Å². The number of rotatable bonds is 3. The summed E-state index contributed by atoms with van der Waals surface area (Å²) >= 11 is 3.54. The zero-order valence-electron chi connectivity index (χ0n) is 7.44. The third-order valence-corrected chi connectivity index (χ3v) is 3.10. The zero-order chi connectivity index (χ0) is 8.36. The van der Waals surface area contributed by atoms with Gasteiger partial charge in [0.05, 0.1) is 5.60 Å². The molecule has 0 heterocycles. The Bertz CT molecular complexity index is 99.4. The predicted molar refractivity (Wildman–Crippen MR) is 48.6 cm³/mol. The molecule has 0 aromatic rings. The number of methoxy groups -OCH3 is 1. The van der Waals surface area contributed by atoms with Crippen molar-refractivity contribution in [1.29, 1.82) is 0 Å². The molecule has 0 saturated heterocycles. The van der Waals surface area contributed by atoms with E-state index in [-0.39, 0.29) is 5.60 Å². The molecule has 0 aromatic heterocycles. The summed E-state index contributed by atoms with van der Waals surface area (Å²) in [6, 6.07) is 0. The normalized spacial score (nSPS) is 18.6. The third kappa shape index (κ3) is 2.59. The number of hydrogen-bond acceptors (Lipinski definition) is 1. The van der Waals surface area contributed by atoms with E-state index in [0.29, 0.717) is 10.7 Å². The van der Waals surface area contributed by atoms with Crippen molar-refractivity contribution in [2.45, 2.75) is 38.1 Å². The second kappa shape index (κ2) is 3.72. The van der Waals surface area contributed by atoms with Gasteiger partial charge < -0.3 is 4.74 Å². The SMILES string of the molecule is COC(C)(C)C(C)C(C)Br. The van der Waals surface area contributed by atoms with E-state index in [9.17, 15) is 0 Å². The highest BCUT2D eigenvalue weighted by Crippen LogP contribution is 2.26. The van der Waals surface area contributed by atoms with Crippen LogP contribution in [0.3, 0.4) is 0 Å². The average Bonchev–Trinajstić information content (AvgIpc) is 1.86. The molecular weight excluding hydrogens is 192 g/mol. The van der Waals surface area contributed by atoms with E-state index < -0.39 is 0 Å². The number of ether oxygens (including phenoxy) is 1. The summed E-state index contributed by atoms with van der Waals surface area (Å²) in [4.78, 5) is 0.502. The number of hydrogen-bond donors (Lipinski definition) is 0. The van der Waals surface area contributed by atoms with Crippen molar-refractivity contribution in [2.75, 3.05) is 7.11 Å². The van der Waals surface area contributed by atoms with Crippen LogP contribution in [0.4, 0.5) is 0 Å². The lowest BCUT2D eigenvalue weighted by atomic mass is 9.90. The summed E-state index contributed by atoms with van der Waals surface area (Å²) in [5, 5.41) is 0. The van der Waals surface area contributed by atoms with E-state index in [1.54, 1.807) is 7.11 Å². The Balaban J connectivity index is 4.03. The number of alkyl halides is 1. The molecule has 1 nitrogen and oxygen atoms in total. The van der Waals surface area contributed by atoms with Crippen molar-refractivity contribution in [2.24, 2.45) is 5.92 Å². The molecule has 0 fully saturated rings. The van der Waals surface area contributed by atoms with E-state index in [4.69, 9.17) is 4.74 Å². The molecule has 62 valence electrons. The molecule has 0 bridgehead atoms. The largest absolute Gasteiger partial charge is 0.378 e. The van der Waals surface area contributed by atoms with Crippen molar-refractivity contribution in [3.63, 3.8) is 0 Å². The van der Waals surface area contributed by atoms with Crippen molar-refractivity contribution >= 4 is 15.9 Å². The standard InChI is InChI=1S/C8H17BrO/c1-6(7(2)9)8(3,4)10-5/h6-7H,1-5H3. The van der Waals surface area contributed by atoms with Crippen molar-refractivity contribution in [3.8, 4) is 0 Å². The number of halogens is 1. The first kappa shape index (κ1) is 10.4. The quantitative estimate of drug-likeness (QED) is 0.649. The van der Waals surface area contributed by atoms with Crippen molar-refractivity contribution in [1.82, 2.24) is 0 Å². The summed E-state index contributed by atoms with van der Waals surface area (Å²) in [7, 11) is 1.76. The monoisotopic (exact) mass is 208 g/mol. The van der Waals surface area contributed by atoms with Crippen LogP contribution in [0.15, 0.2) is 0 Å². The van der Waals surface area contributed by atoms with Crippen LogP contribution < -0.4 is 0 Å². The molecule has 0 saturated carbocycles. The fourth-order valence-corrected chi connectivity index (χ4v) is 1.38. The van der Waals surface area contributed by atoms with Crippen LogP contribution in [0.1, 0.15) is 27.7 Å². The van der Waals surface area contributed by atoms with Crippen LogP contribution in [0.2, 0.25) is 0 Å².